The highest BCUT2D eigenvalue weighted by Gasteiger charge is 2.13. The van der Waals surface area contributed by atoms with Crippen molar-refractivity contribution in [3.05, 3.63) is 71.7 Å². The summed E-state index contributed by atoms with van der Waals surface area (Å²) in [5, 5.41) is 16.3. The minimum atomic E-state index is -3.28. The molecule has 0 aliphatic heterocycles. The minimum absolute atomic E-state index is 0.219. The number of aromatic nitrogens is 2. The van der Waals surface area contributed by atoms with E-state index < -0.39 is 15.9 Å². The van der Waals surface area contributed by atoms with Gasteiger partial charge in [-0.15, -0.1) is 0 Å². The second-order valence-corrected chi connectivity index (χ2v) is 9.29. The van der Waals surface area contributed by atoms with Gasteiger partial charge in [0.15, 0.2) is 9.84 Å². The van der Waals surface area contributed by atoms with Gasteiger partial charge in [-0.25, -0.2) is 18.2 Å². The topological polar surface area (TPSA) is 137 Å². The number of amides is 2. The third-order valence-electron chi connectivity index (χ3n) is 4.66. The molecule has 2 aromatic heterocycles. The van der Waals surface area contributed by atoms with Gasteiger partial charge < -0.3 is 16.0 Å². The van der Waals surface area contributed by atoms with Crippen molar-refractivity contribution < 1.29 is 13.2 Å². The summed E-state index contributed by atoms with van der Waals surface area (Å²) in [6, 6.07) is 10.8. The Balaban J connectivity index is 1.66. The molecule has 0 saturated carbocycles. The van der Waals surface area contributed by atoms with E-state index in [1.165, 1.54) is 18.3 Å². The number of aryl methyl sites for hydroxylation is 1. The number of anilines is 3. The summed E-state index contributed by atoms with van der Waals surface area (Å²) >= 11 is 0. The Morgan fingerprint density at radius 2 is 1.84 bits per heavy atom. The lowest BCUT2D eigenvalue weighted by Crippen LogP contribution is -2.31. The van der Waals surface area contributed by atoms with Gasteiger partial charge >= 0.3 is 6.03 Å². The zero-order valence-electron chi connectivity index (χ0n) is 17.9. The van der Waals surface area contributed by atoms with Crippen molar-refractivity contribution in [2.75, 3.05) is 16.9 Å². The number of pyridine rings is 2. The molecule has 0 bridgehead atoms. The molecule has 32 heavy (non-hydrogen) atoms. The van der Waals surface area contributed by atoms with Crippen LogP contribution in [0, 0.1) is 12.3 Å². The molecule has 2 amide bonds. The summed E-state index contributed by atoms with van der Waals surface area (Å²) < 4.78 is 23.2. The molecule has 0 saturated heterocycles. The van der Waals surface area contributed by atoms with Crippen LogP contribution in [0.15, 0.2) is 59.8 Å². The molecular formula is C22H24N6O3S. The first-order valence-corrected chi connectivity index (χ1v) is 11.6. The number of urea groups is 1. The second-order valence-electron chi connectivity index (χ2n) is 7.27. The number of sulfone groups is 1. The Morgan fingerprint density at radius 3 is 2.47 bits per heavy atom. The summed E-state index contributed by atoms with van der Waals surface area (Å²) in [7, 11) is -3.28. The molecule has 0 fully saturated rings. The van der Waals surface area contributed by atoms with Crippen LogP contribution in [0.5, 0.6) is 0 Å². The molecule has 1 atom stereocenters. The standard InChI is InChI=1S/C22H24N6O3S/c1-14-10-18(8-9-24-14)27-20-13-25-21(11-17(20)12-23)28-22(29)26-15(2)16-4-6-19(7-5-16)32(3,30)31/h4-13,15,23H,1-3H3,(H,24,27)(H2,25,26,28,29). The minimum Gasteiger partial charge on any atom is -0.354 e. The van der Waals surface area contributed by atoms with E-state index in [9.17, 15) is 13.2 Å². The highest BCUT2D eigenvalue weighted by atomic mass is 32.2. The summed E-state index contributed by atoms with van der Waals surface area (Å²) in [5.41, 5.74) is 3.60. The molecule has 166 valence electrons. The molecule has 1 aromatic carbocycles. The molecule has 3 aromatic rings. The predicted octanol–water partition coefficient (Wildman–Crippen LogP) is 3.81. The number of benzene rings is 1. The maximum Gasteiger partial charge on any atom is 0.320 e. The van der Waals surface area contributed by atoms with Gasteiger partial charge in [0.2, 0.25) is 0 Å². The first-order chi connectivity index (χ1) is 15.2. The maximum absolute atomic E-state index is 12.4. The quantitative estimate of drug-likeness (QED) is 0.402. The van der Waals surface area contributed by atoms with Crippen molar-refractivity contribution in [3.63, 3.8) is 0 Å². The molecule has 0 spiro atoms. The largest absolute Gasteiger partial charge is 0.354 e. The van der Waals surface area contributed by atoms with Crippen molar-refractivity contribution in [1.29, 1.82) is 5.41 Å². The van der Waals surface area contributed by atoms with E-state index in [1.54, 1.807) is 37.5 Å². The van der Waals surface area contributed by atoms with Crippen molar-refractivity contribution >= 4 is 39.3 Å². The van der Waals surface area contributed by atoms with Gasteiger partial charge in [0.25, 0.3) is 0 Å². The highest BCUT2D eigenvalue weighted by molar-refractivity contribution is 7.90. The van der Waals surface area contributed by atoms with E-state index in [0.29, 0.717) is 11.3 Å². The van der Waals surface area contributed by atoms with E-state index in [0.717, 1.165) is 23.2 Å². The number of hydrogen-bond donors (Lipinski definition) is 4. The van der Waals surface area contributed by atoms with Crippen LogP contribution in [-0.2, 0) is 9.84 Å². The number of rotatable bonds is 7. The molecule has 10 heteroatoms. The zero-order valence-corrected chi connectivity index (χ0v) is 18.7. The first kappa shape index (κ1) is 22.9. The average Bonchev–Trinajstić information content (AvgIpc) is 2.74. The predicted molar refractivity (Wildman–Crippen MR) is 125 cm³/mol. The fraction of sp³-hybridized carbons (Fsp3) is 0.182. The number of nitrogens with one attached hydrogen (secondary N) is 4. The van der Waals surface area contributed by atoms with Crippen LogP contribution in [0.3, 0.4) is 0 Å². The van der Waals surface area contributed by atoms with Gasteiger partial charge in [-0.2, -0.15) is 0 Å². The van der Waals surface area contributed by atoms with Crippen LogP contribution in [0.2, 0.25) is 0 Å². The molecule has 9 nitrogen and oxygen atoms in total. The van der Waals surface area contributed by atoms with Crippen LogP contribution >= 0.6 is 0 Å². The fourth-order valence-corrected chi connectivity index (χ4v) is 3.61. The van der Waals surface area contributed by atoms with Crippen molar-refractivity contribution in [1.82, 2.24) is 15.3 Å². The Kier molecular flexibility index (Phi) is 6.84. The van der Waals surface area contributed by atoms with Gasteiger partial charge in [0, 0.05) is 35.6 Å². The lowest BCUT2D eigenvalue weighted by atomic mass is 10.1. The van der Waals surface area contributed by atoms with Gasteiger partial charge in [0.05, 0.1) is 22.8 Å². The van der Waals surface area contributed by atoms with E-state index >= 15 is 0 Å². The fourth-order valence-electron chi connectivity index (χ4n) is 2.98. The smallest absolute Gasteiger partial charge is 0.320 e. The van der Waals surface area contributed by atoms with E-state index in [-0.39, 0.29) is 16.8 Å². The normalized spacial score (nSPS) is 12.0. The monoisotopic (exact) mass is 452 g/mol. The summed E-state index contributed by atoms with van der Waals surface area (Å²) in [6.45, 7) is 3.67. The van der Waals surface area contributed by atoms with Crippen LogP contribution in [0.25, 0.3) is 0 Å². The Labute approximate surface area is 186 Å². The lowest BCUT2D eigenvalue weighted by Gasteiger charge is -2.16. The Hall–Kier alpha value is -3.79. The Bertz CT molecular complexity index is 1240. The maximum atomic E-state index is 12.4. The van der Waals surface area contributed by atoms with Crippen molar-refractivity contribution in [3.8, 4) is 0 Å². The number of carbonyl (C=O) groups excluding carboxylic acids is 1. The van der Waals surface area contributed by atoms with E-state index in [2.05, 4.69) is 25.9 Å². The molecule has 2 heterocycles. The molecule has 0 aliphatic rings. The number of carbonyl (C=O) groups is 1. The summed E-state index contributed by atoms with van der Waals surface area (Å²) in [4.78, 5) is 21.0. The van der Waals surface area contributed by atoms with E-state index in [1.807, 2.05) is 19.1 Å². The molecule has 0 radical (unpaired) electrons. The highest BCUT2D eigenvalue weighted by Crippen LogP contribution is 2.22. The SMILES string of the molecule is Cc1cc(Nc2cnc(NC(=O)NC(C)c3ccc(S(C)(=O)=O)cc3)cc2C=N)ccn1. The number of hydrogen-bond acceptors (Lipinski definition) is 7. The molecule has 3 rings (SSSR count). The van der Waals surface area contributed by atoms with Gasteiger partial charge in [0.1, 0.15) is 5.82 Å². The lowest BCUT2D eigenvalue weighted by molar-refractivity contribution is 0.249. The van der Waals surface area contributed by atoms with Crippen LogP contribution in [0.4, 0.5) is 22.0 Å². The third-order valence-corrected chi connectivity index (χ3v) is 5.79. The molecule has 0 aliphatic carbocycles. The van der Waals surface area contributed by atoms with Gasteiger partial charge in [-0.05, 0) is 49.7 Å². The second kappa shape index (κ2) is 9.56. The first-order valence-electron chi connectivity index (χ1n) is 9.73. The Morgan fingerprint density at radius 1 is 1.12 bits per heavy atom. The zero-order chi connectivity index (χ0) is 23.3. The molecular weight excluding hydrogens is 428 g/mol. The average molecular weight is 453 g/mol. The summed E-state index contributed by atoms with van der Waals surface area (Å²) in [6.07, 6.45) is 5.54. The van der Waals surface area contributed by atoms with Crippen molar-refractivity contribution in [2.24, 2.45) is 0 Å². The van der Waals surface area contributed by atoms with Gasteiger partial charge in [-0.3, -0.25) is 10.3 Å². The van der Waals surface area contributed by atoms with Crippen molar-refractivity contribution in [2.45, 2.75) is 24.8 Å². The third kappa shape index (κ3) is 5.88. The van der Waals surface area contributed by atoms with Crippen LogP contribution in [0.1, 0.15) is 29.8 Å². The van der Waals surface area contributed by atoms with Crippen LogP contribution < -0.4 is 16.0 Å². The molecule has 4 N–H and O–H groups in total. The van der Waals surface area contributed by atoms with Crippen LogP contribution in [-0.4, -0.2) is 36.9 Å². The van der Waals surface area contributed by atoms with Gasteiger partial charge in [-0.1, -0.05) is 12.1 Å². The van der Waals surface area contributed by atoms with E-state index in [4.69, 9.17) is 5.41 Å². The summed E-state index contributed by atoms with van der Waals surface area (Å²) in [5.74, 6) is 0.289. The number of nitrogens with zero attached hydrogens (tertiary/aromatic N) is 2. The molecule has 1 unspecified atom stereocenters.